The van der Waals surface area contributed by atoms with Crippen molar-refractivity contribution in [2.45, 2.75) is 32.7 Å². The summed E-state index contributed by atoms with van der Waals surface area (Å²) in [6.07, 6.45) is 1.54. The second-order valence-corrected chi connectivity index (χ2v) is 5.23. The maximum Gasteiger partial charge on any atom is 0.259 e. The Balaban J connectivity index is 2.24. The van der Waals surface area contributed by atoms with Gasteiger partial charge in [0.2, 0.25) is 0 Å². The Kier molecular flexibility index (Phi) is 4.14. The van der Waals surface area contributed by atoms with Gasteiger partial charge in [-0.25, -0.2) is 0 Å². The lowest BCUT2D eigenvalue weighted by molar-refractivity contribution is 0.419. The second-order valence-electron chi connectivity index (χ2n) is 4.37. The number of aromatic nitrogens is 2. The van der Waals surface area contributed by atoms with Crippen molar-refractivity contribution < 1.29 is 4.52 Å². The number of hydrogen-bond acceptors (Lipinski definition) is 4. The SMILES string of the molecule is CCC(N)Cc1noc(-c2ccc(C)cc2Br)n1. The molecule has 1 heterocycles. The summed E-state index contributed by atoms with van der Waals surface area (Å²) in [7, 11) is 0. The topological polar surface area (TPSA) is 64.9 Å². The van der Waals surface area contributed by atoms with Gasteiger partial charge in [-0.05, 0) is 47.0 Å². The van der Waals surface area contributed by atoms with Crippen LogP contribution in [-0.2, 0) is 6.42 Å². The standard InChI is InChI=1S/C13H16BrN3O/c1-3-9(15)7-12-16-13(18-17-12)10-5-4-8(2)6-11(10)14/h4-6,9H,3,7,15H2,1-2H3. The van der Waals surface area contributed by atoms with E-state index in [1.807, 2.05) is 32.0 Å². The van der Waals surface area contributed by atoms with Gasteiger partial charge in [0.05, 0.1) is 5.56 Å². The first-order chi connectivity index (χ1) is 8.60. The molecule has 0 aliphatic rings. The molecule has 1 aromatic carbocycles. The van der Waals surface area contributed by atoms with Crippen LogP contribution in [0.25, 0.3) is 11.5 Å². The van der Waals surface area contributed by atoms with Gasteiger partial charge >= 0.3 is 0 Å². The molecule has 1 atom stereocenters. The van der Waals surface area contributed by atoms with E-state index in [9.17, 15) is 0 Å². The summed E-state index contributed by atoms with van der Waals surface area (Å²) in [4.78, 5) is 4.37. The molecule has 0 amide bonds. The Morgan fingerprint density at radius 2 is 2.22 bits per heavy atom. The predicted molar refractivity (Wildman–Crippen MR) is 74.1 cm³/mol. The van der Waals surface area contributed by atoms with Crippen LogP contribution in [0, 0.1) is 6.92 Å². The molecular weight excluding hydrogens is 294 g/mol. The zero-order chi connectivity index (χ0) is 13.1. The van der Waals surface area contributed by atoms with Gasteiger partial charge in [0.1, 0.15) is 0 Å². The highest BCUT2D eigenvalue weighted by molar-refractivity contribution is 9.10. The van der Waals surface area contributed by atoms with Crippen molar-refractivity contribution in [3.63, 3.8) is 0 Å². The van der Waals surface area contributed by atoms with Gasteiger partial charge in [0, 0.05) is 16.9 Å². The van der Waals surface area contributed by atoms with Gasteiger partial charge in [0.15, 0.2) is 5.82 Å². The monoisotopic (exact) mass is 309 g/mol. The molecule has 96 valence electrons. The van der Waals surface area contributed by atoms with E-state index >= 15 is 0 Å². The molecule has 18 heavy (non-hydrogen) atoms. The fraction of sp³-hybridized carbons (Fsp3) is 0.385. The highest BCUT2D eigenvalue weighted by Crippen LogP contribution is 2.27. The smallest absolute Gasteiger partial charge is 0.259 e. The summed E-state index contributed by atoms with van der Waals surface area (Å²) in [6, 6.07) is 6.09. The number of hydrogen-bond donors (Lipinski definition) is 1. The summed E-state index contributed by atoms with van der Waals surface area (Å²) >= 11 is 3.51. The van der Waals surface area contributed by atoms with E-state index in [1.54, 1.807) is 0 Å². The maximum absolute atomic E-state index is 5.87. The molecule has 0 saturated heterocycles. The van der Waals surface area contributed by atoms with E-state index in [1.165, 1.54) is 5.56 Å². The largest absolute Gasteiger partial charge is 0.334 e. The molecule has 2 rings (SSSR count). The summed E-state index contributed by atoms with van der Waals surface area (Å²) < 4.78 is 6.23. The van der Waals surface area contributed by atoms with Gasteiger partial charge in [-0.3, -0.25) is 0 Å². The van der Waals surface area contributed by atoms with E-state index in [0.29, 0.717) is 18.1 Å². The fourth-order valence-electron chi connectivity index (χ4n) is 1.62. The second kappa shape index (κ2) is 5.63. The Morgan fingerprint density at radius 1 is 1.44 bits per heavy atom. The van der Waals surface area contributed by atoms with Crippen molar-refractivity contribution in [1.29, 1.82) is 0 Å². The lowest BCUT2D eigenvalue weighted by Gasteiger charge is -2.02. The van der Waals surface area contributed by atoms with Crippen molar-refractivity contribution in [3.05, 3.63) is 34.1 Å². The Hall–Kier alpha value is -1.20. The summed E-state index contributed by atoms with van der Waals surface area (Å²) in [5.41, 5.74) is 7.96. The molecule has 0 saturated carbocycles. The van der Waals surface area contributed by atoms with Crippen LogP contribution in [0.2, 0.25) is 0 Å². The van der Waals surface area contributed by atoms with E-state index in [0.717, 1.165) is 16.5 Å². The molecule has 5 heteroatoms. The van der Waals surface area contributed by atoms with Gasteiger partial charge in [-0.2, -0.15) is 4.98 Å². The first kappa shape index (κ1) is 13.2. The number of halogens is 1. The highest BCUT2D eigenvalue weighted by Gasteiger charge is 2.13. The number of aryl methyl sites for hydroxylation is 1. The summed E-state index contributed by atoms with van der Waals surface area (Å²) in [6.45, 7) is 4.08. The minimum Gasteiger partial charge on any atom is -0.334 e. The molecule has 0 radical (unpaired) electrons. The van der Waals surface area contributed by atoms with E-state index < -0.39 is 0 Å². The molecule has 0 bridgehead atoms. The molecule has 0 spiro atoms. The number of nitrogens with zero attached hydrogens (tertiary/aromatic N) is 2. The average Bonchev–Trinajstić information content (AvgIpc) is 2.77. The molecular formula is C13H16BrN3O. The number of benzene rings is 1. The van der Waals surface area contributed by atoms with Gasteiger partial charge in [0.25, 0.3) is 5.89 Å². The summed E-state index contributed by atoms with van der Waals surface area (Å²) in [5.74, 6) is 1.19. The van der Waals surface area contributed by atoms with Crippen LogP contribution in [0.5, 0.6) is 0 Å². The number of nitrogens with two attached hydrogens (primary N) is 1. The minimum absolute atomic E-state index is 0.0805. The van der Waals surface area contributed by atoms with Crippen molar-refractivity contribution in [3.8, 4) is 11.5 Å². The van der Waals surface area contributed by atoms with Crippen LogP contribution in [0.4, 0.5) is 0 Å². The molecule has 0 fully saturated rings. The average molecular weight is 310 g/mol. The zero-order valence-corrected chi connectivity index (χ0v) is 12.1. The molecule has 2 aromatic rings. The van der Waals surface area contributed by atoms with E-state index in [-0.39, 0.29) is 6.04 Å². The van der Waals surface area contributed by atoms with Crippen LogP contribution in [0.15, 0.2) is 27.2 Å². The van der Waals surface area contributed by atoms with E-state index in [2.05, 4.69) is 26.1 Å². The third-order valence-corrected chi connectivity index (χ3v) is 3.45. The first-order valence-corrected chi connectivity index (χ1v) is 6.74. The third-order valence-electron chi connectivity index (χ3n) is 2.79. The Morgan fingerprint density at radius 3 is 2.89 bits per heavy atom. The lowest BCUT2D eigenvalue weighted by Crippen LogP contribution is -2.21. The molecule has 0 aliphatic heterocycles. The van der Waals surface area contributed by atoms with Gasteiger partial charge in [-0.1, -0.05) is 18.1 Å². The van der Waals surface area contributed by atoms with Crippen LogP contribution < -0.4 is 5.73 Å². The van der Waals surface area contributed by atoms with Crippen molar-refractivity contribution in [2.24, 2.45) is 5.73 Å². The minimum atomic E-state index is 0.0805. The summed E-state index contributed by atoms with van der Waals surface area (Å²) in [5, 5.41) is 3.96. The van der Waals surface area contributed by atoms with Crippen molar-refractivity contribution >= 4 is 15.9 Å². The quantitative estimate of drug-likeness (QED) is 0.942. The number of rotatable bonds is 4. The fourth-order valence-corrected chi connectivity index (χ4v) is 2.28. The van der Waals surface area contributed by atoms with Crippen molar-refractivity contribution in [1.82, 2.24) is 10.1 Å². The van der Waals surface area contributed by atoms with Crippen LogP contribution in [0.3, 0.4) is 0 Å². The first-order valence-electron chi connectivity index (χ1n) is 5.95. The van der Waals surface area contributed by atoms with Crippen molar-refractivity contribution in [2.75, 3.05) is 0 Å². The Bertz CT molecular complexity index is 539. The maximum atomic E-state index is 5.87. The molecule has 0 aliphatic carbocycles. The van der Waals surface area contributed by atoms with Crippen LogP contribution in [0.1, 0.15) is 24.7 Å². The molecule has 2 N–H and O–H groups in total. The predicted octanol–water partition coefficient (Wildman–Crippen LogP) is 3.09. The van der Waals surface area contributed by atoms with Crippen LogP contribution in [-0.4, -0.2) is 16.2 Å². The highest BCUT2D eigenvalue weighted by atomic mass is 79.9. The zero-order valence-electron chi connectivity index (χ0n) is 10.5. The molecule has 4 nitrogen and oxygen atoms in total. The third kappa shape index (κ3) is 2.97. The Labute approximate surface area is 115 Å². The van der Waals surface area contributed by atoms with Gasteiger partial charge in [-0.15, -0.1) is 0 Å². The van der Waals surface area contributed by atoms with Crippen LogP contribution >= 0.6 is 15.9 Å². The molecule has 1 unspecified atom stereocenters. The lowest BCUT2D eigenvalue weighted by atomic mass is 10.1. The van der Waals surface area contributed by atoms with Gasteiger partial charge < -0.3 is 10.3 Å². The van der Waals surface area contributed by atoms with E-state index in [4.69, 9.17) is 10.3 Å². The normalized spacial score (nSPS) is 12.7. The molecule has 1 aromatic heterocycles.